The number of hydrogen-bond acceptors (Lipinski definition) is 7. The predicted octanol–water partition coefficient (Wildman–Crippen LogP) is 6.01. The molecule has 218 valence electrons. The molecule has 2 aliphatic carbocycles. The molecular weight excluding hydrogens is 520 g/mol. The second-order valence-electron chi connectivity index (χ2n) is 13.4. The van der Waals surface area contributed by atoms with E-state index in [4.69, 9.17) is 18.9 Å². The van der Waals surface area contributed by atoms with Crippen molar-refractivity contribution in [3.05, 3.63) is 71.8 Å². The van der Waals surface area contributed by atoms with E-state index in [2.05, 4.69) is 20.8 Å². The fourth-order valence-corrected chi connectivity index (χ4v) is 8.76. The molecule has 0 unspecified atom stereocenters. The molecule has 4 aliphatic rings. The first-order valence-corrected chi connectivity index (χ1v) is 14.9. The van der Waals surface area contributed by atoms with Crippen LogP contribution in [0.25, 0.3) is 0 Å². The van der Waals surface area contributed by atoms with Crippen LogP contribution < -0.4 is 0 Å². The van der Waals surface area contributed by atoms with Crippen molar-refractivity contribution in [3.63, 3.8) is 0 Å². The van der Waals surface area contributed by atoms with Gasteiger partial charge in [-0.1, -0.05) is 57.2 Å². The van der Waals surface area contributed by atoms with Crippen molar-refractivity contribution in [2.75, 3.05) is 19.8 Å². The molecule has 41 heavy (non-hydrogen) atoms. The fourth-order valence-electron chi connectivity index (χ4n) is 8.76. The van der Waals surface area contributed by atoms with Crippen LogP contribution in [0.15, 0.2) is 60.7 Å². The lowest BCUT2D eigenvalue weighted by Gasteiger charge is -2.65. The second kappa shape index (κ2) is 10.3. The van der Waals surface area contributed by atoms with E-state index in [0.29, 0.717) is 43.1 Å². The molecule has 2 aromatic rings. The van der Waals surface area contributed by atoms with Crippen LogP contribution in [0.4, 0.5) is 0 Å². The van der Waals surface area contributed by atoms with E-state index >= 15 is 0 Å². The van der Waals surface area contributed by atoms with Crippen molar-refractivity contribution in [2.45, 2.75) is 71.0 Å². The van der Waals surface area contributed by atoms with Crippen LogP contribution in [0, 0.1) is 28.1 Å². The minimum absolute atomic E-state index is 0.0604. The first-order valence-electron chi connectivity index (χ1n) is 14.9. The summed E-state index contributed by atoms with van der Waals surface area (Å²) in [4.78, 5) is 38.6. The normalized spacial score (nSPS) is 37.9. The zero-order chi connectivity index (χ0) is 28.9. The van der Waals surface area contributed by atoms with E-state index in [1.165, 1.54) is 0 Å². The number of rotatable bonds is 5. The highest BCUT2D eigenvalue weighted by Crippen LogP contribution is 2.69. The third-order valence-corrected chi connectivity index (χ3v) is 11.0. The molecule has 0 N–H and O–H groups in total. The van der Waals surface area contributed by atoms with Gasteiger partial charge in [0.05, 0.1) is 36.4 Å². The first-order chi connectivity index (χ1) is 19.6. The molecule has 2 saturated heterocycles. The van der Waals surface area contributed by atoms with Crippen molar-refractivity contribution >= 4 is 17.9 Å². The number of carbonyl (C=O) groups excluding carboxylic acids is 3. The molecule has 7 nitrogen and oxygen atoms in total. The maximum atomic E-state index is 13.3. The van der Waals surface area contributed by atoms with Crippen LogP contribution >= 0.6 is 0 Å². The Balaban J connectivity index is 1.33. The van der Waals surface area contributed by atoms with Crippen molar-refractivity contribution in [1.29, 1.82) is 0 Å². The Kier molecular flexibility index (Phi) is 7.00. The maximum absolute atomic E-state index is 13.3. The predicted molar refractivity (Wildman–Crippen MR) is 151 cm³/mol. The Morgan fingerprint density at radius 3 is 2.20 bits per heavy atom. The summed E-state index contributed by atoms with van der Waals surface area (Å²) in [5.41, 5.74) is -0.649. The van der Waals surface area contributed by atoms with Gasteiger partial charge in [-0.15, -0.1) is 0 Å². The minimum Gasteiger partial charge on any atom is -0.465 e. The van der Waals surface area contributed by atoms with Crippen LogP contribution in [0.2, 0.25) is 0 Å². The zero-order valence-electron chi connectivity index (χ0n) is 24.2. The van der Waals surface area contributed by atoms with E-state index in [1.807, 2.05) is 36.4 Å². The van der Waals surface area contributed by atoms with Crippen LogP contribution in [0.3, 0.4) is 0 Å². The van der Waals surface area contributed by atoms with Crippen LogP contribution in [0.1, 0.15) is 80.0 Å². The quantitative estimate of drug-likeness (QED) is 0.327. The van der Waals surface area contributed by atoms with Gasteiger partial charge in [0, 0.05) is 16.2 Å². The van der Waals surface area contributed by atoms with Gasteiger partial charge in [0.2, 0.25) is 0 Å². The lowest BCUT2D eigenvalue weighted by atomic mass is 9.43. The van der Waals surface area contributed by atoms with E-state index in [-0.39, 0.29) is 41.3 Å². The molecule has 2 heterocycles. The summed E-state index contributed by atoms with van der Waals surface area (Å²) in [6.45, 7) is 7.75. The van der Waals surface area contributed by atoms with Crippen LogP contribution in [-0.4, -0.2) is 49.4 Å². The van der Waals surface area contributed by atoms with Crippen molar-refractivity contribution in [2.24, 2.45) is 28.1 Å². The zero-order valence-corrected chi connectivity index (χ0v) is 24.2. The highest BCUT2D eigenvalue weighted by molar-refractivity contribution is 5.90. The summed E-state index contributed by atoms with van der Waals surface area (Å²) in [6.07, 6.45) is 4.01. The van der Waals surface area contributed by atoms with Gasteiger partial charge in [-0.05, 0) is 68.2 Å². The van der Waals surface area contributed by atoms with E-state index < -0.39 is 17.1 Å². The molecule has 0 amide bonds. The standard InChI is InChI=1S/C34H40O7/c1-23-14-15-26-31(2,20-39-29(36)24-10-6-4-7-11-24)27(41-30(37)25-12-8-5-9-13-25)16-17-32(26,3)34(23)19-33(22-40-34)18-28(35)38-21-33/h4-13,23,26-27H,14-22H2,1-3H3/t23-,26+,27+,31+,32+,33+,34-/m1/s1. The fraction of sp³-hybridized carbons (Fsp3) is 0.559. The van der Waals surface area contributed by atoms with Gasteiger partial charge in [-0.3, -0.25) is 4.79 Å². The molecule has 0 bridgehead atoms. The Bertz CT molecular complexity index is 1310. The summed E-state index contributed by atoms with van der Waals surface area (Å²) < 4.78 is 24.6. The largest absolute Gasteiger partial charge is 0.465 e. The average Bonchev–Trinajstić information content (AvgIpc) is 3.55. The lowest BCUT2D eigenvalue weighted by molar-refractivity contribution is -0.242. The molecular formula is C34H40O7. The summed E-state index contributed by atoms with van der Waals surface area (Å²) in [7, 11) is 0. The molecule has 0 aromatic heterocycles. The topological polar surface area (TPSA) is 88.1 Å². The minimum atomic E-state index is -0.643. The van der Waals surface area contributed by atoms with Crippen molar-refractivity contribution < 1.29 is 33.3 Å². The van der Waals surface area contributed by atoms with Gasteiger partial charge < -0.3 is 18.9 Å². The van der Waals surface area contributed by atoms with Gasteiger partial charge in [0.1, 0.15) is 12.7 Å². The Labute approximate surface area is 241 Å². The molecule has 7 atom stereocenters. The van der Waals surface area contributed by atoms with Crippen molar-refractivity contribution in [1.82, 2.24) is 0 Å². The van der Waals surface area contributed by atoms with Crippen LogP contribution in [-0.2, 0) is 23.7 Å². The Hall–Kier alpha value is -3.19. The smallest absolute Gasteiger partial charge is 0.338 e. The number of benzene rings is 2. The van der Waals surface area contributed by atoms with E-state index in [1.54, 1.807) is 24.3 Å². The number of carbonyl (C=O) groups is 3. The third-order valence-electron chi connectivity index (χ3n) is 11.0. The number of hydrogen-bond donors (Lipinski definition) is 0. The third kappa shape index (κ3) is 4.57. The average molecular weight is 561 g/mol. The SMILES string of the molecule is C[C@@H]1CC[C@H]2[C@](C)(COC(=O)c3ccccc3)[C@@H](OC(=O)c3ccccc3)CC[C@]2(C)[C@@]12C[C@@]1(COC(=O)C1)CO2. The maximum Gasteiger partial charge on any atom is 0.338 e. The molecule has 4 fully saturated rings. The van der Waals surface area contributed by atoms with E-state index in [0.717, 1.165) is 25.7 Å². The van der Waals surface area contributed by atoms with E-state index in [9.17, 15) is 14.4 Å². The number of esters is 3. The number of fused-ring (bicyclic) bond motifs is 2. The highest BCUT2D eigenvalue weighted by Gasteiger charge is 2.70. The molecule has 2 spiro atoms. The van der Waals surface area contributed by atoms with Crippen molar-refractivity contribution in [3.8, 4) is 0 Å². The molecule has 2 aliphatic heterocycles. The Morgan fingerprint density at radius 1 is 0.902 bits per heavy atom. The highest BCUT2D eigenvalue weighted by atomic mass is 16.6. The molecule has 2 aromatic carbocycles. The summed E-state index contributed by atoms with van der Waals surface area (Å²) in [6, 6.07) is 18.0. The van der Waals surface area contributed by atoms with Crippen LogP contribution in [0.5, 0.6) is 0 Å². The van der Waals surface area contributed by atoms with Gasteiger partial charge in [-0.2, -0.15) is 0 Å². The number of ether oxygens (including phenoxy) is 4. The molecule has 6 rings (SSSR count). The molecule has 0 radical (unpaired) electrons. The van der Waals surface area contributed by atoms with Gasteiger partial charge >= 0.3 is 17.9 Å². The van der Waals surface area contributed by atoms with Gasteiger partial charge in [-0.25, -0.2) is 9.59 Å². The second-order valence-corrected chi connectivity index (χ2v) is 13.4. The summed E-state index contributed by atoms with van der Waals surface area (Å²) in [5, 5.41) is 0. The molecule has 7 heteroatoms. The Morgan fingerprint density at radius 2 is 1.56 bits per heavy atom. The summed E-state index contributed by atoms with van der Waals surface area (Å²) >= 11 is 0. The number of cyclic esters (lactones) is 1. The van der Waals surface area contributed by atoms with Gasteiger partial charge in [0.25, 0.3) is 0 Å². The monoisotopic (exact) mass is 560 g/mol. The van der Waals surface area contributed by atoms with Gasteiger partial charge in [0.15, 0.2) is 0 Å². The lowest BCUT2D eigenvalue weighted by Crippen LogP contribution is -2.66. The molecule has 2 saturated carbocycles. The summed E-state index contributed by atoms with van der Waals surface area (Å²) in [5.74, 6) is -0.547. The first kappa shape index (κ1) is 28.0.